The molecule has 2 heterocycles. The molecule has 0 N–H and O–H groups in total. The van der Waals surface area contributed by atoms with Crippen molar-refractivity contribution in [2.45, 2.75) is 169 Å². The molecule has 0 unspecified atom stereocenters. The fourth-order valence-electron chi connectivity index (χ4n) is 8.52. The van der Waals surface area contributed by atoms with Gasteiger partial charge in [-0.25, -0.2) is 18.7 Å². The molecular formula is C52H71Br2ClF2N4O8. The molecule has 0 radical (unpaired) electrons. The Morgan fingerprint density at radius 1 is 0.696 bits per heavy atom. The van der Waals surface area contributed by atoms with E-state index in [1.165, 1.54) is 88.8 Å². The number of ketones is 1. The molecule has 6 rings (SSSR count). The minimum absolute atomic E-state index is 0.0456. The summed E-state index contributed by atoms with van der Waals surface area (Å²) in [6.07, 6.45) is 22.9. The first-order valence-electron chi connectivity index (χ1n) is 24.7. The molecule has 2 aromatic heterocycles. The molecule has 382 valence electrons. The minimum Gasteiger partial charge on any atom is -0.465 e. The van der Waals surface area contributed by atoms with E-state index in [-0.39, 0.29) is 42.3 Å². The Bertz CT molecular complexity index is 2290. The second-order valence-electron chi connectivity index (χ2n) is 18.2. The van der Waals surface area contributed by atoms with Crippen molar-refractivity contribution < 1.29 is 37.7 Å². The van der Waals surface area contributed by atoms with Crippen LogP contribution in [0.15, 0.2) is 45.6 Å². The number of ether oxygens (including phenoxy) is 2. The Labute approximate surface area is 428 Å². The van der Waals surface area contributed by atoms with Gasteiger partial charge in [-0.15, -0.1) is 0 Å². The van der Waals surface area contributed by atoms with Crippen LogP contribution in [-0.4, -0.2) is 51.4 Å². The molecule has 2 aromatic carbocycles. The van der Waals surface area contributed by atoms with Gasteiger partial charge in [0, 0.05) is 42.0 Å². The molecule has 0 saturated heterocycles. The highest BCUT2D eigenvalue weighted by Gasteiger charge is 2.55. The van der Waals surface area contributed by atoms with Crippen molar-refractivity contribution in [3.8, 4) is 0 Å². The van der Waals surface area contributed by atoms with Crippen LogP contribution in [0.5, 0.6) is 0 Å². The number of nitrogens with zero attached hydrogens (tertiary/aromatic N) is 4. The van der Waals surface area contributed by atoms with Gasteiger partial charge in [-0.05, 0) is 108 Å². The number of fused-ring (bicyclic) bond motifs is 2. The van der Waals surface area contributed by atoms with Crippen molar-refractivity contribution >= 4 is 88.4 Å². The second-order valence-corrected chi connectivity index (χ2v) is 20.2. The fourth-order valence-corrected chi connectivity index (χ4v) is 9.48. The molecule has 0 spiro atoms. The van der Waals surface area contributed by atoms with Crippen molar-refractivity contribution in [2.24, 2.45) is 17.8 Å². The predicted molar refractivity (Wildman–Crippen MR) is 278 cm³/mol. The Morgan fingerprint density at radius 2 is 1.16 bits per heavy atom. The molecule has 2 fully saturated rings. The quantitative estimate of drug-likeness (QED) is 0.0302. The zero-order valence-electron chi connectivity index (χ0n) is 41.2. The maximum absolute atomic E-state index is 14.1. The van der Waals surface area contributed by atoms with Gasteiger partial charge in [0.15, 0.2) is 0 Å². The van der Waals surface area contributed by atoms with E-state index in [1.54, 1.807) is 6.92 Å². The van der Waals surface area contributed by atoms with Crippen molar-refractivity contribution in [3.05, 3.63) is 88.1 Å². The molecule has 0 bridgehead atoms. The van der Waals surface area contributed by atoms with Gasteiger partial charge in [0.1, 0.15) is 40.2 Å². The van der Waals surface area contributed by atoms with Gasteiger partial charge in [0.25, 0.3) is 5.69 Å². The molecule has 12 nitrogen and oxygen atoms in total. The number of hydrogen-bond donors (Lipinski definition) is 0. The number of nitro groups is 2. The lowest BCUT2D eigenvalue weighted by Crippen LogP contribution is -2.49. The summed E-state index contributed by atoms with van der Waals surface area (Å²) in [5.74, 6) is 0.531. The molecular weight excluding hydrogens is 1040 g/mol. The third-order valence-electron chi connectivity index (χ3n) is 13.0. The molecule has 2 aliphatic rings. The van der Waals surface area contributed by atoms with E-state index >= 15 is 0 Å². The molecule has 0 aliphatic heterocycles. The van der Waals surface area contributed by atoms with Crippen molar-refractivity contribution in [3.63, 3.8) is 0 Å². The fraction of sp³-hybridized carbons (Fsp3) is 0.615. The minimum atomic E-state index is -1.11. The van der Waals surface area contributed by atoms with Crippen LogP contribution < -0.4 is 0 Å². The number of aromatic nitrogens is 2. The lowest BCUT2D eigenvalue weighted by atomic mass is 9.57. The van der Waals surface area contributed by atoms with Crippen LogP contribution in [0.1, 0.15) is 169 Å². The summed E-state index contributed by atoms with van der Waals surface area (Å²) in [5, 5.41) is 23.3. The highest BCUT2D eigenvalue weighted by molar-refractivity contribution is 9.10. The lowest BCUT2D eigenvalue weighted by Gasteiger charge is -2.45. The molecule has 69 heavy (non-hydrogen) atoms. The maximum Gasteiger partial charge on any atom is 0.316 e. The average Bonchev–Trinajstić information content (AvgIpc) is 3.28. The summed E-state index contributed by atoms with van der Waals surface area (Å²) in [5.41, 5.74) is -0.763. The van der Waals surface area contributed by atoms with E-state index in [0.717, 1.165) is 76.1 Å². The number of benzene rings is 2. The standard InChI is InChI=1S/C26H34BrFN2O4.C9H3BrClFN2O2.C9H20O.C8H14O/c1-3-5-6-7-8-9-10-11-12-34-25(31)26(15-18(4-2)16-26)24-19-13-20(27)21(28)14-22(19)29-17-23(24)30(32)33;10-5-1-4-7(2-6(5)12)13-3-8(9(4)11)14(15)16;1-3-5-7-9-10-8-6-4-2;1-3-7-4-8(5-7)6(2)9/h13-14,17-18H,3-12,15-16H2,1-2H3;1-3H;3-9H2,1-2H3;7-8H,3-5H2,1-2H3. The molecule has 0 atom stereocenters. The van der Waals surface area contributed by atoms with E-state index in [2.05, 4.69) is 69.5 Å². The normalized spacial score (nSPS) is 18.0. The monoisotopic (exact) mass is 1110 g/mol. The van der Waals surface area contributed by atoms with Crippen LogP contribution in [0.2, 0.25) is 5.02 Å². The smallest absolute Gasteiger partial charge is 0.316 e. The van der Waals surface area contributed by atoms with Crippen molar-refractivity contribution in [1.29, 1.82) is 0 Å². The van der Waals surface area contributed by atoms with Gasteiger partial charge < -0.3 is 9.47 Å². The highest BCUT2D eigenvalue weighted by Crippen LogP contribution is 2.54. The zero-order valence-corrected chi connectivity index (χ0v) is 45.1. The van der Waals surface area contributed by atoms with Crippen LogP contribution >= 0.6 is 43.5 Å². The third kappa shape index (κ3) is 17.8. The molecule has 2 aliphatic carbocycles. The summed E-state index contributed by atoms with van der Waals surface area (Å²) >= 11 is 12.0. The van der Waals surface area contributed by atoms with E-state index < -0.39 is 32.9 Å². The summed E-state index contributed by atoms with van der Waals surface area (Å²) in [7, 11) is 0. The van der Waals surface area contributed by atoms with Crippen LogP contribution in [0, 0.1) is 49.6 Å². The number of carbonyl (C=O) groups excluding carboxylic acids is 2. The zero-order chi connectivity index (χ0) is 51.1. The van der Waals surface area contributed by atoms with Gasteiger partial charge in [-0.1, -0.05) is 123 Å². The number of halogens is 5. The van der Waals surface area contributed by atoms with Crippen LogP contribution in [0.25, 0.3) is 21.8 Å². The second kappa shape index (κ2) is 30.9. The Morgan fingerprint density at radius 3 is 1.68 bits per heavy atom. The van der Waals surface area contributed by atoms with Gasteiger partial charge in [0.05, 0.1) is 42.0 Å². The van der Waals surface area contributed by atoms with E-state index in [4.69, 9.17) is 21.1 Å². The number of pyridine rings is 2. The maximum atomic E-state index is 14.1. The molecule has 2 saturated carbocycles. The first kappa shape index (κ1) is 59.6. The summed E-state index contributed by atoms with van der Waals surface area (Å²) < 4.78 is 38.8. The largest absolute Gasteiger partial charge is 0.465 e. The van der Waals surface area contributed by atoms with E-state index in [1.807, 2.05) is 6.92 Å². The SMILES string of the molecule is CCC1CC(C(C)=O)C1.CCCCCCCCCCOC(=O)C1(c2c([N+](=O)[O-])cnc3cc(F)c(Br)cc23)CC(CC)C1.CCCCCOCCCC.O=[N+]([O-])c1cnc2cc(F)c(Br)cc2c1Cl. The topological polar surface area (TPSA) is 165 Å². The molecule has 0 amide bonds. The molecule has 4 aromatic rings. The summed E-state index contributed by atoms with van der Waals surface area (Å²) in [6, 6.07) is 5.26. The predicted octanol–water partition coefficient (Wildman–Crippen LogP) is 16.5. The van der Waals surface area contributed by atoms with Gasteiger partial charge >= 0.3 is 11.7 Å². The number of unbranched alkanes of at least 4 members (excludes halogenated alkanes) is 10. The van der Waals surface area contributed by atoms with Gasteiger partial charge in [0.2, 0.25) is 0 Å². The first-order chi connectivity index (χ1) is 33.0. The van der Waals surface area contributed by atoms with Crippen LogP contribution in [0.4, 0.5) is 20.2 Å². The van der Waals surface area contributed by atoms with Crippen LogP contribution in [0.3, 0.4) is 0 Å². The highest BCUT2D eigenvalue weighted by atomic mass is 79.9. The number of Topliss-reactive ketones (excluding diaryl/α,β-unsaturated/α-hetero) is 1. The summed E-state index contributed by atoms with van der Waals surface area (Å²) in [4.78, 5) is 53.4. The number of esters is 1. The van der Waals surface area contributed by atoms with Crippen molar-refractivity contribution in [1.82, 2.24) is 9.97 Å². The van der Waals surface area contributed by atoms with E-state index in [0.29, 0.717) is 47.5 Å². The first-order valence-corrected chi connectivity index (χ1v) is 26.7. The molecule has 17 heteroatoms. The summed E-state index contributed by atoms with van der Waals surface area (Å²) in [6.45, 7) is 14.8. The van der Waals surface area contributed by atoms with Crippen LogP contribution in [-0.2, 0) is 24.5 Å². The van der Waals surface area contributed by atoms with Gasteiger partial charge in [-0.3, -0.25) is 29.8 Å². The Balaban J connectivity index is 0.000000293. The van der Waals surface area contributed by atoms with Crippen molar-refractivity contribution in [2.75, 3.05) is 19.8 Å². The Kier molecular flexibility index (Phi) is 26.7. The van der Waals surface area contributed by atoms with E-state index in [9.17, 15) is 38.6 Å². The van der Waals surface area contributed by atoms with Gasteiger partial charge in [-0.2, -0.15) is 0 Å². The third-order valence-corrected chi connectivity index (χ3v) is 14.6. The average molecular weight is 1110 g/mol. The Hall–Kier alpha value is -3.73. The number of rotatable bonds is 23. The number of carbonyl (C=O) groups is 2. The number of hydrogen-bond acceptors (Lipinski definition) is 10. The lowest BCUT2D eigenvalue weighted by molar-refractivity contribution is -0.386.